The molecule has 2 aliphatic heterocycles. The highest BCUT2D eigenvalue weighted by Crippen LogP contribution is 2.39. The predicted octanol–water partition coefficient (Wildman–Crippen LogP) is 5.52. The van der Waals surface area contributed by atoms with Gasteiger partial charge < -0.3 is 19.9 Å². The molecule has 1 saturated heterocycles. The number of methoxy groups -OCH3 is 1. The molecule has 0 aliphatic carbocycles. The Hall–Kier alpha value is -3.69. The molecule has 0 spiro atoms. The maximum absolute atomic E-state index is 5.78. The van der Waals surface area contributed by atoms with Gasteiger partial charge in [0.25, 0.3) is 0 Å². The molecule has 0 amide bonds. The number of hydrogen-bond acceptors (Lipinski definition) is 9. The molecule has 190 valence electrons. The van der Waals surface area contributed by atoms with Crippen molar-refractivity contribution in [1.29, 1.82) is 0 Å². The molecular weight excluding hydrogens is 482 g/mol. The van der Waals surface area contributed by atoms with E-state index in [1.54, 1.807) is 18.4 Å². The zero-order valence-electron chi connectivity index (χ0n) is 21.2. The first-order valence-electron chi connectivity index (χ1n) is 12.8. The Bertz CT molecular complexity index is 1400. The lowest BCUT2D eigenvalue weighted by Gasteiger charge is -2.35. The Kier molecular flexibility index (Phi) is 6.63. The maximum atomic E-state index is 5.78. The highest BCUT2D eigenvalue weighted by molar-refractivity contribution is 7.17. The number of fused-ring (bicyclic) bond motifs is 1. The lowest BCUT2D eigenvalue weighted by molar-refractivity contribution is 0.271. The SMILES string of the molecule is CCN1CCN(c2ccc(Nc3nc(N4N=CCC4c4ccccc4)c4sccc4n3)c(OC)c2)CC1. The van der Waals surface area contributed by atoms with Gasteiger partial charge in [0.15, 0.2) is 5.82 Å². The molecule has 6 rings (SSSR count). The van der Waals surface area contributed by atoms with Gasteiger partial charge in [-0.1, -0.05) is 37.3 Å². The Balaban J connectivity index is 1.29. The van der Waals surface area contributed by atoms with Crippen LogP contribution in [0.4, 0.5) is 23.1 Å². The summed E-state index contributed by atoms with van der Waals surface area (Å²) in [5.41, 5.74) is 4.12. The van der Waals surface area contributed by atoms with Crippen LogP contribution in [-0.4, -0.2) is 60.9 Å². The van der Waals surface area contributed by atoms with Gasteiger partial charge >= 0.3 is 0 Å². The molecule has 0 radical (unpaired) electrons. The van der Waals surface area contributed by atoms with Crippen molar-refractivity contribution in [1.82, 2.24) is 14.9 Å². The van der Waals surface area contributed by atoms with Gasteiger partial charge in [-0.3, -0.25) is 0 Å². The second-order valence-corrected chi connectivity index (χ2v) is 10.2. The smallest absolute Gasteiger partial charge is 0.229 e. The fourth-order valence-corrected chi connectivity index (χ4v) is 5.86. The third kappa shape index (κ3) is 4.72. The van der Waals surface area contributed by atoms with E-state index in [1.807, 2.05) is 23.4 Å². The van der Waals surface area contributed by atoms with Crippen molar-refractivity contribution in [2.24, 2.45) is 5.10 Å². The van der Waals surface area contributed by atoms with E-state index in [0.717, 1.165) is 66.6 Å². The minimum atomic E-state index is 0.108. The van der Waals surface area contributed by atoms with E-state index in [2.05, 4.69) is 69.9 Å². The number of anilines is 4. The van der Waals surface area contributed by atoms with Crippen molar-refractivity contribution in [3.63, 3.8) is 0 Å². The molecule has 2 aromatic carbocycles. The number of likely N-dealkylation sites (N-methyl/N-ethyl adjacent to an activating group) is 1. The molecular formula is C28H31N7OS. The Morgan fingerprint density at radius 1 is 1.03 bits per heavy atom. The van der Waals surface area contributed by atoms with Gasteiger partial charge in [-0.2, -0.15) is 10.1 Å². The summed E-state index contributed by atoms with van der Waals surface area (Å²) in [6.07, 6.45) is 2.81. The van der Waals surface area contributed by atoms with Crippen LogP contribution in [0.3, 0.4) is 0 Å². The standard InChI is InChI=1S/C28H31N7OS/c1-3-33-14-16-34(17-15-33)21-9-10-22(25(19-21)36-2)30-28-31-23-12-18-37-26(23)27(32-28)35-24(11-13-29-35)20-7-5-4-6-8-20/h4-10,12-13,18-19,24H,3,11,14-17H2,1-2H3,(H,30,31,32). The van der Waals surface area contributed by atoms with Crippen LogP contribution in [0.15, 0.2) is 65.1 Å². The average molecular weight is 514 g/mol. The lowest BCUT2D eigenvalue weighted by Crippen LogP contribution is -2.46. The third-order valence-corrected chi connectivity index (χ3v) is 8.03. The van der Waals surface area contributed by atoms with E-state index < -0.39 is 0 Å². The van der Waals surface area contributed by atoms with Crippen LogP contribution in [0, 0.1) is 0 Å². The number of piperazine rings is 1. The van der Waals surface area contributed by atoms with Crippen molar-refractivity contribution >= 4 is 50.9 Å². The molecule has 4 heterocycles. The van der Waals surface area contributed by atoms with Gasteiger partial charge in [0, 0.05) is 50.6 Å². The normalized spacial score (nSPS) is 18.1. The van der Waals surface area contributed by atoms with Gasteiger partial charge in [0.2, 0.25) is 5.95 Å². The topological polar surface area (TPSA) is 69.1 Å². The zero-order chi connectivity index (χ0) is 25.2. The molecule has 0 bridgehead atoms. The second kappa shape index (κ2) is 10.4. The first-order chi connectivity index (χ1) is 18.2. The molecule has 8 nitrogen and oxygen atoms in total. The molecule has 1 unspecified atom stereocenters. The number of hydrogen-bond donors (Lipinski definition) is 1. The van der Waals surface area contributed by atoms with Crippen molar-refractivity contribution in [2.75, 3.05) is 55.1 Å². The summed E-state index contributed by atoms with van der Waals surface area (Å²) >= 11 is 1.64. The summed E-state index contributed by atoms with van der Waals surface area (Å²) in [7, 11) is 1.71. The first-order valence-corrected chi connectivity index (χ1v) is 13.7. The van der Waals surface area contributed by atoms with Gasteiger partial charge in [0.1, 0.15) is 5.75 Å². The summed E-state index contributed by atoms with van der Waals surface area (Å²) in [6.45, 7) is 7.52. The van der Waals surface area contributed by atoms with E-state index in [4.69, 9.17) is 19.8 Å². The Labute approximate surface area is 221 Å². The van der Waals surface area contributed by atoms with Crippen LogP contribution in [0.2, 0.25) is 0 Å². The molecule has 2 aromatic heterocycles. The highest BCUT2D eigenvalue weighted by atomic mass is 32.1. The summed E-state index contributed by atoms with van der Waals surface area (Å²) in [4.78, 5) is 14.7. The van der Waals surface area contributed by atoms with Gasteiger partial charge in [-0.05, 0) is 35.7 Å². The van der Waals surface area contributed by atoms with Crippen molar-refractivity contribution < 1.29 is 4.74 Å². The summed E-state index contributed by atoms with van der Waals surface area (Å²) in [5, 5.41) is 12.2. The van der Waals surface area contributed by atoms with E-state index >= 15 is 0 Å². The zero-order valence-corrected chi connectivity index (χ0v) is 22.0. The number of nitrogens with zero attached hydrogens (tertiary/aromatic N) is 6. The van der Waals surface area contributed by atoms with Gasteiger partial charge in [-0.15, -0.1) is 11.3 Å². The molecule has 1 atom stereocenters. The number of hydrazone groups is 1. The van der Waals surface area contributed by atoms with Crippen molar-refractivity contribution in [3.05, 3.63) is 65.5 Å². The van der Waals surface area contributed by atoms with Crippen LogP contribution >= 0.6 is 11.3 Å². The molecule has 37 heavy (non-hydrogen) atoms. The molecule has 9 heteroatoms. The predicted molar refractivity (Wildman–Crippen MR) is 153 cm³/mol. The quantitative estimate of drug-likeness (QED) is 0.349. The summed E-state index contributed by atoms with van der Waals surface area (Å²) in [5.74, 6) is 2.11. The van der Waals surface area contributed by atoms with E-state index in [-0.39, 0.29) is 6.04 Å². The van der Waals surface area contributed by atoms with Crippen LogP contribution < -0.4 is 20.0 Å². The number of aromatic nitrogens is 2. The third-order valence-electron chi connectivity index (χ3n) is 7.13. The minimum Gasteiger partial charge on any atom is -0.494 e. The fraction of sp³-hybridized carbons (Fsp3) is 0.321. The molecule has 0 saturated carbocycles. The highest BCUT2D eigenvalue weighted by Gasteiger charge is 2.28. The summed E-state index contributed by atoms with van der Waals surface area (Å²) < 4.78 is 6.81. The van der Waals surface area contributed by atoms with Crippen LogP contribution in [-0.2, 0) is 0 Å². The Morgan fingerprint density at radius 2 is 1.86 bits per heavy atom. The maximum Gasteiger partial charge on any atom is 0.229 e. The number of nitrogens with one attached hydrogen (secondary N) is 1. The van der Waals surface area contributed by atoms with Crippen molar-refractivity contribution in [3.8, 4) is 5.75 Å². The van der Waals surface area contributed by atoms with E-state index in [9.17, 15) is 0 Å². The van der Waals surface area contributed by atoms with Crippen molar-refractivity contribution in [2.45, 2.75) is 19.4 Å². The monoisotopic (exact) mass is 513 g/mol. The van der Waals surface area contributed by atoms with Gasteiger partial charge in [0.05, 0.1) is 29.1 Å². The largest absolute Gasteiger partial charge is 0.494 e. The van der Waals surface area contributed by atoms with Crippen LogP contribution in [0.25, 0.3) is 10.2 Å². The van der Waals surface area contributed by atoms with E-state index in [0.29, 0.717) is 5.95 Å². The molecule has 2 aliphatic rings. The number of rotatable bonds is 7. The minimum absolute atomic E-state index is 0.108. The fourth-order valence-electron chi connectivity index (χ4n) is 5.05. The number of ether oxygens (including phenoxy) is 1. The van der Waals surface area contributed by atoms with E-state index in [1.165, 1.54) is 11.3 Å². The number of benzene rings is 2. The summed E-state index contributed by atoms with van der Waals surface area (Å²) in [6, 6.07) is 18.9. The Morgan fingerprint density at radius 3 is 2.65 bits per heavy atom. The lowest BCUT2D eigenvalue weighted by atomic mass is 10.0. The average Bonchev–Trinajstić information content (AvgIpc) is 3.63. The van der Waals surface area contributed by atoms with Crippen LogP contribution in [0.5, 0.6) is 5.75 Å². The first kappa shape index (κ1) is 23.7. The molecule has 4 aromatic rings. The molecule has 1 N–H and O–H groups in total. The number of thiophene rings is 1. The second-order valence-electron chi connectivity index (χ2n) is 9.24. The molecule has 1 fully saturated rings. The van der Waals surface area contributed by atoms with Crippen LogP contribution in [0.1, 0.15) is 24.9 Å². The van der Waals surface area contributed by atoms with Gasteiger partial charge in [-0.25, -0.2) is 9.99 Å².